The largest absolute Gasteiger partial charge is 0.337 e. The summed E-state index contributed by atoms with van der Waals surface area (Å²) >= 11 is 3.13. The summed E-state index contributed by atoms with van der Waals surface area (Å²) < 4.78 is 0.342. The molecule has 76 valence electrons. The van der Waals surface area contributed by atoms with E-state index in [1.165, 1.54) is 12.7 Å². The fourth-order valence-electron chi connectivity index (χ4n) is 0.971. The smallest absolute Gasteiger partial charge is 0.267 e. The van der Waals surface area contributed by atoms with E-state index >= 15 is 0 Å². The Balaban J connectivity index is 2.33. The molecule has 6 nitrogen and oxygen atoms in total. The van der Waals surface area contributed by atoms with Crippen LogP contribution < -0.4 is 10.9 Å². The number of halogens is 1. The second-order valence-corrected chi connectivity index (χ2v) is 3.44. The standard InChI is InChI=1S/C8H6BrN5O/c9-6-7(12-4-13-8(6)15)14-5-1-10-3-11-2-5/h1-4H,(H2,12,13,14,15). The van der Waals surface area contributed by atoms with E-state index in [1.54, 1.807) is 12.4 Å². The number of hydrogen-bond acceptors (Lipinski definition) is 5. The van der Waals surface area contributed by atoms with Crippen LogP contribution in [0, 0.1) is 0 Å². The van der Waals surface area contributed by atoms with Crippen LogP contribution in [0.2, 0.25) is 0 Å². The van der Waals surface area contributed by atoms with Gasteiger partial charge in [0.1, 0.15) is 10.8 Å². The van der Waals surface area contributed by atoms with Gasteiger partial charge < -0.3 is 10.3 Å². The maximum absolute atomic E-state index is 11.2. The van der Waals surface area contributed by atoms with Crippen molar-refractivity contribution >= 4 is 27.4 Å². The van der Waals surface area contributed by atoms with Gasteiger partial charge in [0, 0.05) is 0 Å². The van der Waals surface area contributed by atoms with E-state index in [0.29, 0.717) is 16.0 Å². The van der Waals surface area contributed by atoms with Gasteiger partial charge in [-0.05, 0) is 15.9 Å². The third-order valence-corrected chi connectivity index (χ3v) is 2.36. The SMILES string of the molecule is O=c1[nH]cnc(Nc2cncnc2)c1Br. The van der Waals surface area contributed by atoms with Crippen molar-refractivity contribution in [3.8, 4) is 0 Å². The molecule has 0 aliphatic rings. The van der Waals surface area contributed by atoms with E-state index in [0.717, 1.165) is 0 Å². The van der Waals surface area contributed by atoms with Crippen molar-refractivity contribution in [2.24, 2.45) is 0 Å². The predicted octanol–water partition coefficient (Wildman–Crippen LogP) is 1.07. The topological polar surface area (TPSA) is 83.6 Å². The number of anilines is 2. The van der Waals surface area contributed by atoms with Crippen LogP contribution in [0.4, 0.5) is 11.5 Å². The first-order valence-electron chi connectivity index (χ1n) is 4.02. The van der Waals surface area contributed by atoms with E-state index in [-0.39, 0.29) is 5.56 Å². The van der Waals surface area contributed by atoms with Crippen LogP contribution in [0.15, 0.2) is 34.3 Å². The minimum atomic E-state index is -0.246. The average molecular weight is 268 g/mol. The van der Waals surface area contributed by atoms with Crippen molar-refractivity contribution in [3.05, 3.63) is 39.9 Å². The molecule has 0 aliphatic carbocycles. The summed E-state index contributed by atoms with van der Waals surface area (Å²) in [5.41, 5.74) is 0.417. The number of nitrogens with zero attached hydrogens (tertiary/aromatic N) is 3. The van der Waals surface area contributed by atoms with Gasteiger partial charge in [0.2, 0.25) is 0 Å². The van der Waals surface area contributed by atoms with Crippen molar-refractivity contribution in [2.45, 2.75) is 0 Å². The number of aromatic amines is 1. The summed E-state index contributed by atoms with van der Waals surface area (Å²) in [4.78, 5) is 25.3. The lowest BCUT2D eigenvalue weighted by Gasteiger charge is -2.04. The van der Waals surface area contributed by atoms with Crippen LogP contribution in [0.1, 0.15) is 0 Å². The quantitative estimate of drug-likeness (QED) is 0.851. The van der Waals surface area contributed by atoms with Crippen molar-refractivity contribution in [1.82, 2.24) is 19.9 Å². The summed E-state index contributed by atoms with van der Waals surface area (Å²) in [7, 11) is 0. The van der Waals surface area contributed by atoms with E-state index in [9.17, 15) is 4.79 Å². The molecule has 0 fully saturated rings. The molecule has 0 unspecified atom stereocenters. The van der Waals surface area contributed by atoms with E-state index in [1.807, 2.05) is 0 Å². The lowest BCUT2D eigenvalue weighted by molar-refractivity contribution is 1.09. The molecule has 0 radical (unpaired) electrons. The van der Waals surface area contributed by atoms with E-state index < -0.39 is 0 Å². The molecular weight excluding hydrogens is 262 g/mol. The maximum atomic E-state index is 11.2. The highest BCUT2D eigenvalue weighted by Crippen LogP contribution is 2.17. The van der Waals surface area contributed by atoms with Crippen molar-refractivity contribution in [1.29, 1.82) is 0 Å². The van der Waals surface area contributed by atoms with Crippen LogP contribution in [0.3, 0.4) is 0 Å². The van der Waals surface area contributed by atoms with Crippen molar-refractivity contribution in [2.75, 3.05) is 5.32 Å². The molecule has 0 aromatic carbocycles. The van der Waals surface area contributed by atoms with Crippen LogP contribution in [-0.4, -0.2) is 19.9 Å². The maximum Gasteiger partial charge on any atom is 0.267 e. The summed E-state index contributed by atoms with van der Waals surface area (Å²) in [6.07, 6.45) is 5.91. The van der Waals surface area contributed by atoms with Gasteiger partial charge in [0.25, 0.3) is 5.56 Å². The molecule has 2 aromatic rings. The highest BCUT2D eigenvalue weighted by molar-refractivity contribution is 9.10. The third kappa shape index (κ3) is 2.18. The molecule has 0 bridgehead atoms. The monoisotopic (exact) mass is 267 g/mol. The Morgan fingerprint density at radius 2 is 2.07 bits per heavy atom. The first-order valence-corrected chi connectivity index (χ1v) is 4.82. The molecule has 2 aromatic heterocycles. The lowest BCUT2D eigenvalue weighted by Crippen LogP contribution is -2.10. The van der Waals surface area contributed by atoms with Gasteiger partial charge in [0.05, 0.1) is 24.4 Å². The van der Waals surface area contributed by atoms with Gasteiger partial charge in [0.15, 0.2) is 5.82 Å². The van der Waals surface area contributed by atoms with Gasteiger partial charge >= 0.3 is 0 Å². The predicted molar refractivity (Wildman–Crippen MR) is 57.9 cm³/mol. The Labute approximate surface area is 92.9 Å². The minimum absolute atomic E-state index is 0.246. The average Bonchev–Trinajstić information content (AvgIpc) is 2.26. The van der Waals surface area contributed by atoms with Crippen LogP contribution in [-0.2, 0) is 0 Å². The Morgan fingerprint density at radius 1 is 1.33 bits per heavy atom. The zero-order chi connectivity index (χ0) is 10.7. The van der Waals surface area contributed by atoms with Crippen LogP contribution in [0.5, 0.6) is 0 Å². The molecule has 0 amide bonds. The molecule has 2 heterocycles. The van der Waals surface area contributed by atoms with Crippen LogP contribution >= 0.6 is 15.9 Å². The number of rotatable bonds is 2. The minimum Gasteiger partial charge on any atom is -0.337 e. The fourth-order valence-corrected chi connectivity index (χ4v) is 1.29. The van der Waals surface area contributed by atoms with Gasteiger partial charge in [-0.2, -0.15) is 0 Å². The highest BCUT2D eigenvalue weighted by atomic mass is 79.9. The molecule has 15 heavy (non-hydrogen) atoms. The molecule has 0 aliphatic heterocycles. The van der Waals surface area contributed by atoms with Gasteiger partial charge in [-0.25, -0.2) is 15.0 Å². The third-order valence-electron chi connectivity index (χ3n) is 1.62. The molecule has 7 heteroatoms. The molecule has 0 saturated carbocycles. The summed E-state index contributed by atoms with van der Waals surface area (Å²) in [5.74, 6) is 0.425. The molecule has 2 rings (SSSR count). The summed E-state index contributed by atoms with van der Waals surface area (Å²) in [6.45, 7) is 0. The van der Waals surface area contributed by atoms with Crippen molar-refractivity contribution < 1.29 is 0 Å². The second kappa shape index (κ2) is 4.18. The van der Waals surface area contributed by atoms with E-state index in [4.69, 9.17) is 0 Å². The molecule has 0 saturated heterocycles. The van der Waals surface area contributed by atoms with Gasteiger partial charge in [-0.15, -0.1) is 0 Å². The first kappa shape index (κ1) is 9.78. The number of hydrogen-bond donors (Lipinski definition) is 2. The Hall–Kier alpha value is -1.76. The van der Waals surface area contributed by atoms with Crippen molar-refractivity contribution in [3.63, 3.8) is 0 Å². The zero-order valence-electron chi connectivity index (χ0n) is 7.44. The molecule has 0 atom stereocenters. The molecular formula is C8H6BrN5O. The Kier molecular flexibility index (Phi) is 2.72. The van der Waals surface area contributed by atoms with Crippen LogP contribution in [0.25, 0.3) is 0 Å². The highest BCUT2D eigenvalue weighted by Gasteiger charge is 2.04. The number of H-pyrrole nitrogens is 1. The normalized spacial score (nSPS) is 9.93. The Bertz CT molecular complexity index is 512. The zero-order valence-corrected chi connectivity index (χ0v) is 9.02. The van der Waals surface area contributed by atoms with Gasteiger partial charge in [-0.3, -0.25) is 4.79 Å². The summed E-state index contributed by atoms with van der Waals surface area (Å²) in [5, 5.41) is 2.91. The fraction of sp³-hybridized carbons (Fsp3) is 0. The second-order valence-electron chi connectivity index (χ2n) is 2.65. The number of aromatic nitrogens is 4. The van der Waals surface area contributed by atoms with E-state index in [2.05, 4.69) is 41.2 Å². The molecule has 0 spiro atoms. The molecule has 2 N–H and O–H groups in total. The first-order chi connectivity index (χ1) is 7.27. The Morgan fingerprint density at radius 3 is 2.80 bits per heavy atom. The lowest BCUT2D eigenvalue weighted by atomic mass is 10.5. The summed E-state index contributed by atoms with van der Waals surface area (Å²) in [6, 6.07) is 0. The van der Waals surface area contributed by atoms with Gasteiger partial charge in [-0.1, -0.05) is 0 Å². The number of nitrogens with one attached hydrogen (secondary N) is 2.